The SMILES string of the molecule is CCN(CC)c1ccc([C@H]2Nc3ccc4ccccc4c3C3=C2CC(C)(C)CC3=O)cc1. The summed E-state index contributed by atoms with van der Waals surface area (Å²) >= 11 is 0. The van der Waals surface area contributed by atoms with E-state index < -0.39 is 0 Å². The zero-order valence-corrected chi connectivity index (χ0v) is 19.5. The average molecular weight is 425 g/mol. The molecule has 0 aromatic heterocycles. The van der Waals surface area contributed by atoms with Crippen molar-refractivity contribution in [1.82, 2.24) is 0 Å². The van der Waals surface area contributed by atoms with Gasteiger partial charge in [-0.1, -0.05) is 56.3 Å². The zero-order valence-electron chi connectivity index (χ0n) is 19.5. The van der Waals surface area contributed by atoms with Crippen LogP contribution in [0, 0.1) is 5.41 Å². The number of allylic oxidation sites excluding steroid dienone is 1. The first-order valence-corrected chi connectivity index (χ1v) is 11.8. The number of nitrogens with zero attached hydrogens (tertiary/aromatic N) is 1. The van der Waals surface area contributed by atoms with Crippen LogP contribution in [-0.2, 0) is 4.79 Å². The van der Waals surface area contributed by atoms with Crippen molar-refractivity contribution in [1.29, 1.82) is 0 Å². The Morgan fingerprint density at radius 2 is 1.66 bits per heavy atom. The summed E-state index contributed by atoms with van der Waals surface area (Å²) in [6.07, 6.45) is 1.52. The normalized spacial score (nSPS) is 19.4. The molecule has 1 aliphatic heterocycles. The molecule has 5 rings (SSSR count). The molecule has 3 nitrogen and oxygen atoms in total. The van der Waals surface area contributed by atoms with Crippen LogP contribution < -0.4 is 10.2 Å². The first-order valence-electron chi connectivity index (χ1n) is 11.8. The van der Waals surface area contributed by atoms with Gasteiger partial charge in [-0.15, -0.1) is 0 Å². The number of carbonyl (C=O) groups is 1. The van der Waals surface area contributed by atoms with Crippen LogP contribution in [0.2, 0.25) is 0 Å². The largest absolute Gasteiger partial charge is 0.374 e. The first-order chi connectivity index (χ1) is 15.4. The maximum absolute atomic E-state index is 13.6. The van der Waals surface area contributed by atoms with Crippen molar-refractivity contribution in [2.24, 2.45) is 5.41 Å². The summed E-state index contributed by atoms with van der Waals surface area (Å²) in [5, 5.41) is 6.16. The second-order valence-corrected chi connectivity index (χ2v) is 9.89. The molecule has 0 saturated heterocycles. The highest BCUT2D eigenvalue weighted by Gasteiger charge is 2.40. The summed E-state index contributed by atoms with van der Waals surface area (Å²) in [5.41, 5.74) is 6.79. The molecule has 0 spiro atoms. The van der Waals surface area contributed by atoms with Crippen LogP contribution in [0.3, 0.4) is 0 Å². The highest BCUT2D eigenvalue weighted by Crippen LogP contribution is 2.51. The summed E-state index contributed by atoms with van der Waals surface area (Å²) in [5.74, 6) is 0.278. The van der Waals surface area contributed by atoms with Gasteiger partial charge in [0.15, 0.2) is 5.78 Å². The summed E-state index contributed by atoms with van der Waals surface area (Å²) in [6.45, 7) is 10.8. The van der Waals surface area contributed by atoms with Crippen LogP contribution in [0.25, 0.3) is 16.3 Å². The van der Waals surface area contributed by atoms with Crippen LogP contribution in [0.15, 0.2) is 66.2 Å². The Labute approximate surface area is 191 Å². The molecule has 0 fully saturated rings. The molecule has 1 atom stereocenters. The lowest BCUT2D eigenvalue weighted by Crippen LogP contribution is -2.32. The maximum atomic E-state index is 13.6. The van der Waals surface area contributed by atoms with Crippen molar-refractivity contribution in [2.45, 2.75) is 46.6 Å². The number of rotatable bonds is 4. The summed E-state index contributed by atoms with van der Waals surface area (Å²) in [4.78, 5) is 15.9. The maximum Gasteiger partial charge on any atom is 0.164 e. The lowest BCUT2D eigenvalue weighted by Gasteiger charge is -2.40. The molecule has 0 bridgehead atoms. The van der Waals surface area contributed by atoms with Crippen molar-refractivity contribution >= 4 is 33.5 Å². The lowest BCUT2D eigenvalue weighted by atomic mass is 9.68. The fourth-order valence-electron chi connectivity index (χ4n) is 5.57. The lowest BCUT2D eigenvalue weighted by molar-refractivity contribution is -0.116. The van der Waals surface area contributed by atoms with Gasteiger partial charge in [0.1, 0.15) is 0 Å². The second-order valence-electron chi connectivity index (χ2n) is 9.89. The highest BCUT2D eigenvalue weighted by atomic mass is 16.1. The van der Waals surface area contributed by atoms with Gasteiger partial charge in [-0.2, -0.15) is 0 Å². The quantitative estimate of drug-likeness (QED) is 0.489. The van der Waals surface area contributed by atoms with E-state index in [0.717, 1.165) is 41.7 Å². The van der Waals surface area contributed by atoms with E-state index in [2.05, 4.69) is 98.6 Å². The van der Waals surface area contributed by atoms with Gasteiger partial charge in [-0.05, 0) is 65.8 Å². The Balaban J connectivity index is 1.68. The molecular weight excluding hydrogens is 392 g/mol. The second kappa shape index (κ2) is 7.81. The number of anilines is 2. The van der Waals surface area contributed by atoms with Crippen LogP contribution in [0.5, 0.6) is 0 Å². The van der Waals surface area contributed by atoms with Gasteiger partial charge < -0.3 is 10.2 Å². The minimum Gasteiger partial charge on any atom is -0.374 e. The van der Waals surface area contributed by atoms with E-state index >= 15 is 0 Å². The van der Waals surface area contributed by atoms with Gasteiger partial charge >= 0.3 is 0 Å². The third kappa shape index (κ3) is 3.40. The number of fused-ring (bicyclic) bond motifs is 4. The molecule has 1 N–H and O–H groups in total. The van der Waals surface area contributed by atoms with Gasteiger partial charge in [-0.25, -0.2) is 0 Å². The van der Waals surface area contributed by atoms with E-state index in [4.69, 9.17) is 0 Å². The third-order valence-electron chi connectivity index (χ3n) is 7.09. The number of hydrogen-bond acceptors (Lipinski definition) is 3. The van der Waals surface area contributed by atoms with Gasteiger partial charge in [0.25, 0.3) is 0 Å². The predicted molar refractivity (Wildman–Crippen MR) is 135 cm³/mol. The monoisotopic (exact) mass is 424 g/mol. The number of ketones is 1. The molecule has 0 unspecified atom stereocenters. The molecule has 0 radical (unpaired) electrons. The molecule has 1 heterocycles. The van der Waals surface area contributed by atoms with Crippen molar-refractivity contribution in [2.75, 3.05) is 23.3 Å². The Hall–Kier alpha value is -3.07. The van der Waals surface area contributed by atoms with Gasteiger partial charge in [-0.3, -0.25) is 4.79 Å². The van der Waals surface area contributed by atoms with Crippen molar-refractivity contribution in [3.05, 3.63) is 77.4 Å². The predicted octanol–water partition coefficient (Wildman–Crippen LogP) is 7.00. The number of hydrogen-bond donors (Lipinski definition) is 1. The summed E-state index contributed by atoms with van der Waals surface area (Å²) in [6, 6.07) is 21.6. The Morgan fingerprint density at radius 1 is 0.938 bits per heavy atom. The number of carbonyl (C=O) groups excluding carboxylic acids is 1. The molecule has 3 heteroatoms. The molecule has 0 saturated carbocycles. The van der Waals surface area contributed by atoms with Crippen molar-refractivity contribution in [3.8, 4) is 0 Å². The third-order valence-corrected chi connectivity index (χ3v) is 7.09. The summed E-state index contributed by atoms with van der Waals surface area (Å²) < 4.78 is 0. The zero-order chi connectivity index (χ0) is 22.5. The van der Waals surface area contributed by atoms with E-state index in [-0.39, 0.29) is 17.2 Å². The summed E-state index contributed by atoms with van der Waals surface area (Å²) in [7, 11) is 0. The van der Waals surface area contributed by atoms with Gasteiger partial charge in [0.05, 0.1) is 6.04 Å². The Bertz CT molecular complexity index is 1220. The minimum atomic E-state index is -0.0287. The van der Waals surface area contributed by atoms with E-state index in [9.17, 15) is 4.79 Å². The number of nitrogens with one attached hydrogen (secondary N) is 1. The average Bonchev–Trinajstić information content (AvgIpc) is 2.78. The van der Waals surface area contributed by atoms with Gasteiger partial charge in [0, 0.05) is 42.0 Å². The first kappa shape index (κ1) is 20.8. The van der Waals surface area contributed by atoms with Crippen LogP contribution in [0.4, 0.5) is 11.4 Å². The Morgan fingerprint density at radius 3 is 2.38 bits per heavy atom. The van der Waals surface area contributed by atoms with Crippen molar-refractivity contribution < 1.29 is 4.79 Å². The topological polar surface area (TPSA) is 32.3 Å². The molecule has 32 heavy (non-hydrogen) atoms. The van der Waals surface area contributed by atoms with Crippen LogP contribution in [-0.4, -0.2) is 18.9 Å². The molecule has 3 aromatic carbocycles. The van der Waals surface area contributed by atoms with Gasteiger partial charge in [0.2, 0.25) is 0 Å². The smallest absolute Gasteiger partial charge is 0.164 e. The molecule has 2 aliphatic rings. The fourth-order valence-corrected chi connectivity index (χ4v) is 5.57. The molecule has 164 valence electrons. The van der Waals surface area contributed by atoms with Crippen molar-refractivity contribution in [3.63, 3.8) is 0 Å². The fraction of sp³-hybridized carbons (Fsp3) is 0.345. The molecule has 3 aromatic rings. The molecule has 1 aliphatic carbocycles. The molecular formula is C29H32N2O. The van der Waals surface area contributed by atoms with Crippen LogP contribution in [0.1, 0.15) is 57.7 Å². The molecule has 0 amide bonds. The number of benzene rings is 3. The van der Waals surface area contributed by atoms with E-state index in [0.29, 0.717) is 6.42 Å². The van der Waals surface area contributed by atoms with E-state index in [1.54, 1.807) is 0 Å². The van der Waals surface area contributed by atoms with E-state index in [1.807, 2.05) is 0 Å². The van der Waals surface area contributed by atoms with E-state index in [1.165, 1.54) is 22.2 Å². The minimum absolute atomic E-state index is 0.0212. The standard InChI is InChI=1S/C29H32N2O/c1-5-31(6-2)21-14-11-20(12-15-21)28-23-17-29(3,4)18-25(32)27(23)26-22-10-8-7-9-19(22)13-16-24(26)30-28/h7-16,28,30H,5-6,17-18H2,1-4H3/t28-/m1/s1. The van der Waals surface area contributed by atoms with Crippen LogP contribution >= 0.6 is 0 Å². The number of Topliss-reactive ketones (excluding diaryl/α,β-unsaturated/α-hetero) is 1. The Kier molecular flexibility index (Phi) is 5.08. The highest BCUT2D eigenvalue weighted by molar-refractivity contribution is 6.28.